The second-order valence-electron chi connectivity index (χ2n) is 9.39. The van der Waals surface area contributed by atoms with Crippen LogP contribution in [0.5, 0.6) is 17.2 Å². The van der Waals surface area contributed by atoms with Crippen molar-refractivity contribution in [2.75, 3.05) is 20.3 Å². The van der Waals surface area contributed by atoms with Crippen LogP contribution in [0.1, 0.15) is 91.9 Å². The van der Waals surface area contributed by atoms with Crippen molar-refractivity contribution in [3.05, 3.63) is 51.9 Å². The van der Waals surface area contributed by atoms with E-state index in [0.29, 0.717) is 35.7 Å². The van der Waals surface area contributed by atoms with Crippen LogP contribution in [-0.4, -0.2) is 20.3 Å². The van der Waals surface area contributed by atoms with E-state index in [2.05, 4.69) is 39.8 Å². The molecule has 0 aliphatic carbocycles. The van der Waals surface area contributed by atoms with Crippen molar-refractivity contribution in [2.45, 2.75) is 91.9 Å². The number of para-hydroxylation sites is 1. The maximum atomic E-state index is 12.7. The van der Waals surface area contributed by atoms with Crippen LogP contribution in [-0.2, 0) is 0 Å². The van der Waals surface area contributed by atoms with Crippen LogP contribution < -0.4 is 19.8 Å². The summed E-state index contributed by atoms with van der Waals surface area (Å²) in [5.74, 6) is 1.05. The summed E-state index contributed by atoms with van der Waals surface area (Å²) in [6, 6.07) is 5.53. The fourth-order valence-corrected chi connectivity index (χ4v) is 3.97. The van der Waals surface area contributed by atoms with Crippen LogP contribution >= 0.6 is 0 Å². The lowest BCUT2D eigenvalue weighted by Crippen LogP contribution is -2.11. The zero-order valence-corrected chi connectivity index (χ0v) is 22.4. The van der Waals surface area contributed by atoms with Gasteiger partial charge in [0.1, 0.15) is 6.61 Å². The summed E-state index contributed by atoms with van der Waals surface area (Å²) in [6.45, 7) is 9.42. The number of fused-ring (bicyclic) bond motifs is 1. The van der Waals surface area contributed by atoms with Gasteiger partial charge in [0.15, 0.2) is 17.1 Å². The van der Waals surface area contributed by atoms with Crippen LogP contribution in [0.15, 0.2) is 50.7 Å². The molecule has 0 atom stereocenters. The molecule has 0 spiro atoms. The van der Waals surface area contributed by atoms with Crippen molar-refractivity contribution in [2.24, 2.45) is 0 Å². The van der Waals surface area contributed by atoms with Crippen LogP contribution in [0.25, 0.3) is 11.0 Å². The van der Waals surface area contributed by atoms with E-state index in [1.165, 1.54) is 49.7 Å². The molecular weight excluding hydrogens is 440 g/mol. The molecule has 2 aromatic rings. The average Bonchev–Trinajstić information content (AvgIpc) is 2.83. The molecule has 0 bridgehead atoms. The molecule has 0 saturated heterocycles. The van der Waals surface area contributed by atoms with E-state index in [9.17, 15) is 4.79 Å². The molecule has 1 aromatic heterocycles. The van der Waals surface area contributed by atoms with Gasteiger partial charge in [-0.25, -0.2) is 4.79 Å². The highest BCUT2D eigenvalue weighted by molar-refractivity contribution is 5.89. The number of benzene rings is 1. The van der Waals surface area contributed by atoms with E-state index in [0.717, 1.165) is 25.7 Å². The molecule has 0 unspecified atom stereocenters. The maximum absolute atomic E-state index is 12.7. The monoisotopic (exact) mass is 484 g/mol. The average molecular weight is 485 g/mol. The molecule has 0 saturated carbocycles. The van der Waals surface area contributed by atoms with Crippen molar-refractivity contribution < 1.29 is 18.6 Å². The second kappa shape index (κ2) is 16.1. The van der Waals surface area contributed by atoms with Crippen molar-refractivity contribution in [3.63, 3.8) is 0 Å². The van der Waals surface area contributed by atoms with Crippen LogP contribution in [0.3, 0.4) is 0 Å². The first-order valence-corrected chi connectivity index (χ1v) is 13.2. The Morgan fingerprint density at radius 1 is 0.914 bits per heavy atom. The number of unbranched alkanes of at least 4 members (excludes halogenated alkanes) is 7. The molecule has 1 aromatic carbocycles. The van der Waals surface area contributed by atoms with Crippen molar-refractivity contribution in [1.29, 1.82) is 0 Å². The number of ether oxygens (including phenoxy) is 3. The van der Waals surface area contributed by atoms with E-state index in [1.807, 2.05) is 12.1 Å². The summed E-state index contributed by atoms with van der Waals surface area (Å²) in [4.78, 5) is 12.7. The molecule has 2 rings (SSSR count). The fourth-order valence-electron chi connectivity index (χ4n) is 3.97. The zero-order valence-electron chi connectivity index (χ0n) is 22.4. The van der Waals surface area contributed by atoms with Crippen molar-refractivity contribution in [1.82, 2.24) is 0 Å². The van der Waals surface area contributed by atoms with Gasteiger partial charge in [0.25, 0.3) is 0 Å². The lowest BCUT2D eigenvalue weighted by atomic mass is 10.1. The van der Waals surface area contributed by atoms with Gasteiger partial charge in [-0.1, -0.05) is 75.2 Å². The molecule has 0 N–H and O–H groups in total. The highest BCUT2D eigenvalue weighted by Gasteiger charge is 2.19. The Balaban J connectivity index is 1.99. The van der Waals surface area contributed by atoms with E-state index >= 15 is 0 Å². The molecule has 35 heavy (non-hydrogen) atoms. The van der Waals surface area contributed by atoms with Gasteiger partial charge in [-0.15, -0.1) is 0 Å². The molecule has 0 aliphatic heterocycles. The van der Waals surface area contributed by atoms with Gasteiger partial charge in [0.05, 0.1) is 19.1 Å². The smallest absolute Gasteiger partial charge is 0.383 e. The minimum Gasteiger partial charge on any atom is -0.492 e. The van der Waals surface area contributed by atoms with Gasteiger partial charge in [-0.2, -0.15) is 0 Å². The number of rotatable bonds is 17. The first-order chi connectivity index (χ1) is 17.0. The van der Waals surface area contributed by atoms with Gasteiger partial charge >= 0.3 is 5.63 Å². The molecule has 0 amide bonds. The number of hydrogen-bond acceptors (Lipinski definition) is 5. The quantitative estimate of drug-likeness (QED) is 0.128. The predicted octanol–water partition coefficient (Wildman–Crippen LogP) is 8.39. The van der Waals surface area contributed by atoms with Crippen molar-refractivity contribution >= 4 is 11.0 Å². The maximum Gasteiger partial charge on any atom is 0.383 e. The van der Waals surface area contributed by atoms with E-state index in [4.69, 9.17) is 18.6 Å². The van der Waals surface area contributed by atoms with Gasteiger partial charge in [-0.3, -0.25) is 0 Å². The highest BCUT2D eigenvalue weighted by Crippen LogP contribution is 2.36. The largest absolute Gasteiger partial charge is 0.492 e. The third kappa shape index (κ3) is 9.83. The van der Waals surface area contributed by atoms with Crippen molar-refractivity contribution in [3.8, 4) is 17.2 Å². The molecule has 0 radical (unpaired) electrons. The molecule has 194 valence electrons. The van der Waals surface area contributed by atoms with Gasteiger partial charge in [-0.05, 0) is 58.2 Å². The Bertz CT molecular complexity index is 1010. The third-order valence-corrected chi connectivity index (χ3v) is 6.02. The molecule has 5 nitrogen and oxygen atoms in total. The third-order valence-electron chi connectivity index (χ3n) is 6.02. The minimum absolute atomic E-state index is 0.134. The van der Waals surface area contributed by atoms with Crippen LogP contribution in [0.4, 0.5) is 0 Å². The van der Waals surface area contributed by atoms with E-state index in [-0.39, 0.29) is 5.75 Å². The number of hydrogen-bond donors (Lipinski definition) is 0. The molecular formula is C30H44O5. The zero-order chi connectivity index (χ0) is 25.5. The fraction of sp³-hybridized carbons (Fsp3) is 0.567. The summed E-state index contributed by atoms with van der Waals surface area (Å²) in [6.07, 6.45) is 16.0. The normalized spacial score (nSPS) is 11.5. The topological polar surface area (TPSA) is 57.9 Å². The Labute approximate surface area is 211 Å². The summed E-state index contributed by atoms with van der Waals surface area (Å²) < 4.78 is 23.0. The second-order valence-corrected chi connectivity index (χ2v) is 9.39. The molecule has 0 fully saturated rings. The van der Waals surface area contributed by atoms with Gasteiger partial charge in [0.2, 0.25) is 5.75 Å². The van der Waals surface area contributed by atoms with E-state index in [1.54, 1.807) is 13.2 Å². The minimum atomic E-state index is -0.543. The van der Waals surface area contributed by atoms with Crippen LogP contribution in [0.2, 0.25) is 0 Å². The summed E-state index contributed by atoms with van der Waals surface area (Å²) in [5, 5.41) is 0.666. The molecule has 1 heterocycles. The first kappa shape index (κ1) is 28.5. The lowest BCUT2D eigenvalue weighted by molar-refractivity contribution is 0.271. The van der Waals surface area contributed by atoms with Gasteiger partial charge in [0, 0.05) is 0 Å². The standard InChI is InChI=1S/C30H44O5/c1-6-7-8-9-10-11-12-13-21-34-29-28(32-5)25-18-15-19-26(27(25)35-30(29)31)33-22-20-24(4)17-14-16-23(2)3/h15-16,18-20H,6-14,17,21-22H2,1-5H3/b24-20+. The predicted molar refractivity (Wildman–Crippen MR) is 145 cm³/mol. The lowest BCUT2D eigenvalue weighted by Gasteiger charge is -2.13. The van der Waals surface area contributed by atoms with Gasteiger partial charge < -0.3 is 18.6 Å². The molecule has 0 aliphatic rings. The Hall–Kier alpha value is -2.69. The summed E-state index contributed by atoms with van der Waals surface area (Å²) in [7, 11) is 1.55. The number of allylic oxidation sites excluding steroid dienone is 3. The highest BCUT2D eigenvalue weighted by atomic mass is 16.5. The Morgan fingerprint density at radius 3 is 2.31 bits per heavy atom. The Morgan fingerprint density at radius 2 is 1.63 bits per heavy atom. The van der Waals surface area contributed by atoms with E-state index < -0.39 is 5.63 Å². The summed E-state index contributed by atoms with van der Waals surface area (Å²) in [5.41, 5.74) is 2.43. The number of methoxy groups -OCH3 is 1. The SMILES string of the molecule is CCCCCCCCCCOc1c(OC)c2cccc(OC/C=C(\C)CCC=C(C)C)c2oc1=O. The Kier molecular flexibility index (Phi) is 13.1. The molecule has 5 heteroatoms. The first-order valence-electron chi connectivity index (χ1n) is 13.2. The summed E-state index contributed by atoms with van der Waals surface area (Å²) >= 11 is 0. The van der Waals surface area contributed by atoms with Crippen LogP contribution in [0, 0.1) is 0 Å².